The fourth-order valence-electron chi connectivity index (χ4n) is 6.49. The van der Waals surface area contributed by atoms with Gasteiger partial charge in [-0.3, -0.25) is 47.9 Å². The van der Waals surface area contributed by atoms with E-state index in [2.05, 4.69) is 53.2 Å². The quantitative estimate of drug-likeness (QED) is 0.0505. The molecule has 72 heavy (non-hydrogen) atoms. The molecule has 0 aliphatic carbocycles. The molecular formula is C42H76F3N15O12. The van der Waals surface area contributed by atoms with Gasteiger partial charge < -0.3 is 86.9 Å². The zero-order valence-corrected chi connectivity index (χ0v) is 40.5. The predicted octanol–water partition coefficient (Wildman–Crippen LogP) is -5.72. The second-order valence-electron chi connectivity index (χ2n) is 16.4. The largest absolute Gasteiger partial charge is 0.490 e. The second-order valence-corrected chi connectivity index (χ2v) is 16.4. The summed E-state index contributed by atoms with van der Waals surface area (Å²) in [6.07, 6.45) is 0.304. The lowest BCUT2D eigenvalue weighted by Crippen LogP contribution is -2.56. The van der Waals surface area contributed by atoms with E-state index in [-0.39, 0.29) is 32.1 Å². The molecule has 0 saturated carbocycles. The Morgan fingerprint density at radius 2 is 0.528 bits per heavy atom. The molecule has 412 valence electrons. The summed E-state index contributed by atoms with van der Waals surface area (Å²) >= 11 is 0. The van der Waals surface area contributed by atoms with E-state index >= 15 is 0 Å². The first-order chi connectivity index (χ1) is 34.1. The van der Waals surface area contributed by atoms with Crippen LogP contribution in [0, 0.1) is 0 Å². The number of carbonyl (C=O) groups excluding carboxylic acids is 10. The number of carbonyl (C=O) groups is 11. The highest BCUT2D eigenvalue weighted by Crippen LogP contribution is 2.13. The average molecular weight is 1040 g/mol. The van der Waals surface area contributed by atoms with Gasteiger partial charge in [0, 0.05) is 0 Å². The maximum absolute atomic E-state index is 13.3. The minimum atomic E-state index is -5.08. The van der Waals surface area contributed by atoms with Gasteiger partial charge in [-0.1, -0.05) is 0 Å². The molecule has 0 unspecified atom stereocenters. The van der Waals surface area contributed by atoms with Gasteiger partial charge >= 0.3 is 12.1 Å². The fraction of sp³-hybridized carbons (Fsp3) is 0.738. The molecule has 1 aliphatic rings. The average Bonchev–Trinajstić information content (AvgIpc) is 3.33. The van der Waals surface area contributed by atoms with Gasteiger partial charge in [0.05, 0.1) is 32.7 Å². The molecule has 0 aromatic carbocycles. The van der Waals surface area contributed by atoms with E-state index in [0.29, 0.717) is 96.9 Å². The van der Waals surface area contributed by atoms with E-state index in [1.54, 1.807) is 0 Å². The SMILES string of the molecule is NCCCC[C@@H]1NC(=O)CNC(=O)[C@H](CCCCN)NC(=O)CNC(=O)[C@H](CCCCN)NC(=O)CNC(=O)[C@H](CCCCN)NC(=O)CNC(=O)[C@H](CCCCN)NC(=O)CNC1=O.O=C(O)C(F)(F)F. The normalized spacial score (nSPS) is 21.3. The van der Waals surface area contributed by atoms with Crippen molar-refractivity contribution in [3.05, 3.63) is 0 Å². The van der Waals surface area contributed by atoms with Crippen molar-refractivity contribution < 1.29 is 71.0 Å². The van der Waals surface area contributed by atoms with Gasteiger partial charge in [0.2, 0.25) is 59.1 Å². The number of carboxylic acids is 1. The summed E-state index contributed by atoms with van der Waals surface area (Å²) in [7, 11) is 0. The van der Waals surface area contributed by atoms with Crippen LogP contribution in [0.5, 0.6) is 0 Å². The van der Waals surface area contributed by atoms with Crippen LogP contribution in [-0.2, 0) is 52.7 Å². The number of amides is 10. The van der Waals surface area contributed by atoms with Gasteiger partial charge in [0.25, 0.3) is 0 Å². The number of halogens is 3. The summed E-state index contributed by atoms with van der Waals surface area (Å²) in [5.74, 6) is -10.1. The maximum atomic E-state index is 13.3. The van der Waals surface area contributed by atoms with Crippen LogP contribution in [0.3, 0.4) is 0 Å². The number of rotatable bonds is 20. The standard InChI is InChI=1S/C40H75N15O10.C2HF3O2/c41-16-6-1-11-26-36(61)46-22-32(57)52-28(13-3-8-18-43)38(63)48-24-34(59)54-30(15-5-10-20-45)40(65)50-25-35(60)55-29(14-4-9-19-44)39(64)49-23-33(58)53-27(12-2-7-17-42)37(62)47-21-31(56)51-26;3-2(4,5)1(6)7/h26-30H,1-25,41-45H2,(H,46,61)(H,47,62)(H,48,63)(H,49,64)(H,50,65)(H,51,56)(H,52,57)(H,53,58)(H,54,59)(H,55,60);(H,6,7)/t26-,27-,28-,29-,30-;/m0./s1. The highest BCUT2D eigenvalue weighted by Gasteiger charge is 2.38. The number of hydrogen-bond acceptors (Lipinski definition) is 16. The Morgan fingerprint density at radius 3 is 0.653 bits per heavy atom. The molecule has 1 aliphatic heterocycles. The molecule has 0 spiro atoms. The van der Waals surface area contributed by atoms with E-state index in [0.717, 1.165) is 0 Å². The van der Waals surface area contributed by atoms with Gasteiger partial charge in [0.15, 0.2) is 0 Å². The Bertz CT molecular complexity index is 1490. The molecule has 21 N–H and O–H groups in total. The minimum absolute atomic E-state index is 0.132. The van der Waals surface area contributed by atoms with E-state index in [4.69, 9.17) is 38.6 Å². The monoisotopic (exact) mass is 1040 g/mol. The van der Waals surface area contributed by atoms with Crippen LogP contribution < -0.4 is 81.8 Å². The van der Waals surface area contributed by atoms with Crippen LogP contribution in [-0.4, -0.2) is 172 Å². The number of aliphatic carboxylic acids is 1. The van der Waals surface area contributed by atoms with Gasteiger partial charge in [-0.2, -0.15) is 13.2 Å². The predicted molar refractivity (Wildman–Crippen MR) is 253 cm³/mol. The first-order valence-corrected chi connectivity index (χ1v) is 23.8. The second kappa shape index (κ2) is 38.4. The van der Waals surface area contributed by atoms with Crippen molar-refractivity contribution in [2.45, 2.75) is 133 Å². The molecule has 30 heteroatoms. The van der Waals surface area contributed by atoms with Crippen LogP contribution in [0.4, 0.5) is 13.2 Å². The Morgan fingerprint density at radius 1 is 0.375 bits per heavy atom. The summed E-state index contributed by atoms with van der Waals surface area (Å²) in [5.41, 5.74) is 28.1. The van der Waals surface area contributed by atoms with E-state index < -0.39 is 134 Å². The lowest BCUT2D eigenvalue weighted by Gasteiger charge is -2.22. The van der Waals surface area contributed by atoms with Crippen molar-refractivity contribution in [2.24, 2.45) is 28.7 Å². The van der Waals surface area contributed by atoms with E-state index in [1.165, 1.54) is 0 Å². The molecule has 27 nitrogen and oxygen atoms in total. The Balaban J connectivity index is 0.00000666. The molecule has 5 atom stereocenters. The molecule has 10 amide bonds. The molecule has 0 aromatic rings. The zero-order valence-electron chi connectivity index (χ0n) is 40.5. The highest BCUT2D eigenvalue weighted by molar-refractivity contribution is 5.97. The fourth-order valence-corrected chi connectivity index (χ4v) is 6.49. The lowest BCUT2D eigenvalue weighted by molar-refractivity contribution is -0.192. The Hall–Kier alpha value is -6.24. The van der Waals surface area contributed by atoms with Crippen molar-refractivity contribution in [1.82, 2.24) is 53.2 Å². The number of alkyl halides is 3. The van der Waals surface area contributed by atoms with Crippen molar-refractivity contribution in [2.75, 3.05) is 65.4 Å². The van der Waals surface area contributed by atoms with Crippen molar-refractivity contribution >= 4 is 65.0 Å². The van der Waals surface area contributed by atoms with E-state index in [9.17, 15) is 61.1 Å². The maximum Gasteiger partial charge on any atom is 0.490 e. The van der Waals surface area contributed by atoms with Crippen LogP contribution in [0.2, 0.25) is 0 Å². The van der Waals surface area contributed by atoms with Crippen molar-refractivity contribution in [3.63, 3.8) is 0 Å². The number of carboxylic acid groups (broad SMARTS) is 1. The Kier molecular flexibility index (Phi) is 35.1. The van der Waals surface area contributed by atoms with Gasteiger partial charge in [0.1, 0.15) is 30.2 Å². The zero-order chi connectivity index (χ0) is 54.5. The first kappa shape index (κ1) is 65.8. The third-order valence-corrected chi connectivity index (χ3v) is 10.4. The van der Waals surface area contributed by atoms with Gasteiger partial charge in [-0.25, -0.2) is 4.79 Å². The smallest absolute Gasteiger partial charge is 0.475 e. The number of nitrogens with one attached hydrogen (secondary N) is 10. The molecule has 0 aromatic heterocycles. The van der Waals surface area contributed by atoms with Gasteiger partial charge in [-0.05, 0) is 129 Å². The van der Waals surface area contributed by atoms with Crippen LogP contribution in [0.25, 0.3) is 0 Å². The van der Waals surface area contributed by atoms with Crippen molar-refractivity contribution in [1.29, 1.82) is 0 Å². The molecule has 1 heterocycles. The minimum Gasteiger partial charge on any atom is -0.475 e. The van der Waals surface area contributed by atoms with Crippen molar-refractivity contribution in [3.8, 4) is 0 Å². The Labute approximate surface area is 415 Å². The lowest BCUT2D eigenvalue weighted by atomic mass is 10.1. The molecule has 0 radical (unpaired) electrons. The summed E-state index contributed by atoms with van der Waals surface area (Å²) in [4.78, 5) is 141. The van der Waals surface area contributed by atoms with Crippen LogP contribution in [0.1, 0.15) is 96.3 Å². The van der Waals surface area contributed by atoms with Gasteiger partial charge in [-0.15, -0.1) is 0 Å². The summed E-state index contributed by atoms with van der Waals surface area (Å²) in [6.45, 7) is -1.37. The summed E-state index contributed by atoms with van der Waals surface area (Å²) in [5, 5.41) is 32.2. The molecule has 1 rings (SSSR count). The number of unbranched alkanes of at least 4 members (excludes halogenated alkanes) is 5. The van der Waals surface area contributed by atoms with E-state index in [1.807, 2.05) is 0 Å². The topological polar surface area (TPSA) is 458 Å². The molecule has 0 bridgehead atoms. The summed E-state index contributed by atoms with van der Waals surface area (Å²) in [6, 6.07) is -5.72. The molecule has 1 fully saturated rings. The third kappa shape index (κ3) is 31.2. The highest BCUT2D eigenvalue weighted by atomic mass is 19.4. The molecular weight excluding hydrogens is 964 g/mol. The summed E-state index contributed by atoms with van der Waals surface area (Å²) < 4.78 is 31.7. The first-order valence-electron chi connectivity index (χ1n) is 23.8. The number of hydrogen-bond donors (Lipinski definition) is 16. The van der Waals surface area contributed by atoms with Crippen LogP contribution in [0.15, 0.2) is 0 Å². The van der Waals surface area contributed by atoms with Crippen LogP contribution >= 0.6 is 0 Å². The third-order valence-electron chi connectivity index (χ3n) is 10.4. The number of nitrogens with two attached hydrogens (primary N) is 5. The molecule has 1 saturated heterocycles.